The summed E-state index contributed by atoms with van der Waals surface area (Å²) in [6.45, 7) is 0.338. The van der Waals surface area contributed by atoms with E-state index in [-0.39, 0.29) is 5.92 Å². The van der Waals surface area contributed by atoms with E-state index in [1.165, 1.54) is 11.1 Å². The van der Waals surface area contributed by atoms with Crippen LogP contribution in [0, 0.1) is 4.91 Å². The molecule has 0 amide bonds. The van der Waals surface area contributed by atoms with Crippen molar-refractivity contribution in [3.63, 3.8) is 0 Å². The topological polar surface area (TPSA) is 38.7 Å². The molecular formula is C14H15NO2. The van der Waals surface area contributed by atoms with Crippen LogP contribution >= 0.6 is 0 Å². The summed E-state index contributed by atoms with van der Waals surface area (Å²) in [5, 5.41) is 2.49. The highest BCUT2D eigenvalue weighted by molar-refractivity contribution is 5.33. The largest absolute Gasteiger partial charge is 0.363 e. The van der Waals surface area contributed by atoms with Crippen molar-refractivity contribution in [1.29, 1.82) is 0 Å². The maximum Gasteiger partial charge on any atom is 0.155 e. The van der Waals surface area contributed by atoms with E-state index < -0.39 is 0 Å². The normalized spacial score (nSPS) is 22.5. The van der Waals surface area contributed by atoms with Gasteiger partial charge in [0.2, 0.25) is 0 Å². The summed E-state index contributed by atoms with van der Waals surface area (Å²) >= 11 is 0. The van der Waals surface area contributed by atoms with Crippen molar-refractivity contribution in [2.45, 2.75) is 18.8 Å². The molecule has 1 aliphatic carbocycles. The second-order valence-corrected chi connectivity index (χ2v) is 4.06. The summed E-state index contributed by atoms with van der Waals surface area (Å²) < 4.78 is 0. The Kier molecular flexibility index (Phi) is 4.08. The van der Waals surface area contributed by atoms with Gasteiger partial charge in [0.15, 0.2) is 5.34 Å². The van der Waals surface area contributed by atoms with Crippen molar-refractivity contribution < 1.29 is 4.84 Å². The van der Waals surface area contributed by atoms with Crippen molar-refractivity contribution in [2.75, 3.05) is 6.61 Å². The Balaban J connectivity index is 2.28. The third-order valence-corrected chi connectivity index (χ3v) is 2.96. The van der Waals surface area contributed by atoms with E-state index in [4.69, 9.17) is 0 Å². The van der Waals surface area contributed by atoms with Crippen LogP contribution in [0.15, 0.2) is 53.9 Å². The van der Waals surface area contributed by atoms with Crippen LogP contribution in [0.1, 0.15) is 23.5 Å². The standard InChI is InChI=1S/C14H15NO2/c16-15-17-11-13-9-4-2-1-3-7-12-8-5-6-10-14(12)13/h1-6,8,10,13H,7,9,11H2/b3-1-,4-2-. The van der Waals surface area contributed by atoms with Crippen LogP contribution in [0.5, 0.6) is 0 Å². The van der Waals surface area contributed by atoms with Crippen LogP contribution in [0.25, 0.3) is 0 Å². The molecule has 3 heteroatoms. The average Bonchev–Trinajstić information content (AvgIpc) is 2.47. The van der Waals surface area contributed by atoms with Gasteiger partial charge in [-0.25, -0.2) is 0 Å². The summed E-state index contributed by atoms with van der Waals surface area (Å²) in [4.78, 5) is 14.8. The Hall–Kier alpha value is -1.90. The molecule has 1 aromatic rings. The minimum Gasteiger partial charge on any atom is -0.363 e. The minimum absolute atomic E-state index is 0.194. The number of hydrogen-bond donors (Lipinski definition) is 0. The summed E-state index contributed by atoms with van der Waals surface area (Å²) in [6, 6.07) is 8.27. The minimum atomic E-state index is 0.194. The fourth-order valence-electron chi connectivity index (χ4n) is 2.12. The molecular weight excluding hydrogens is 214 g/mol. The second kappa shape index (κ2) is 5.99. The second-order valence-electron chi connectivity index (χ2n) is 4.06. The van der Waals surface area contributed by atoms with Gasteiger partial charge in [-0.05, 0) is 24.0 Å². The van der Waals surface area contributed by atoms with Gasteiger partial charge >= 0.3 is 0 Å². The molecule has 3 nitrogen and oxygen atoms in total. The molecule has 0 fully saturated rings. The number of benzene rings is 1. The molecule has 0 heterocycles. The lowest BCUT2D eigenvalue weighted by Crippen LogP contribution is -2.07. The van der Waals surface area contributed by atoms with Crippen molar-refractivity contribution in [1.82, 2.24) is 0 Å². The van der Waals surface area contributed by atoms with Crippen LogP contribution < -0.4 is 0 Å². The van der Waals surface area contributed by atoms with Crippen LogP contribution in [0.2, 0.25) is 0 Å². The zero-order chi connectivity index (χ0) is 11.9. The first-order valence-corrected chi connectivity index (χ1v) is 5.76. The van der Waals surface area contributed by atoms with Gasteiger partial charge in [0.05, 0.1) is 0 Å². The monoisotopic (exact) mass is 229 g/mol. The Morgan fingerprint density at radius 2 is 2.06 bits per heavy atom. The molecule has 0 aromatic heterocycles. The SMILES string of the molecule is O=NOCC1C/C=C\C=C/Cc2ccccc21. The fourth-order valence-corrected chi connectivity index (χ4v) is 2.12. The van der Waals surface area contributed by atoms with Crippen molar-refractivity contribution in [3.05, 3.63) is 64.6 Å². The summed E-state index contributed by atoms with van der Waals surface area (Å²) in [7, 11) is 0. The van der Waals surface area contributed by atoms with Crippen molar-refractivity contribution in [2.24, 2.45) is 5.34 Å². The van der Waals surface area contributed by atoms with Crippen LogP contribution in [0.3, 0.4) is 0 Å². The third kappa shape index (κ3) is 3.03. The Morgan fingerprint density at radius 1 is 1.24 bits per heavy atom. The highest BCUT2D eigenvalue weighted by Gasteiger charge is 2.15. The van der Waals surface area contributed by atoms with Crippen LogP contribution in [0.4, 0.5) is 0 Å². The van der Waals surface area contributed by atoms with Crippen molar-refractivity contribution >= 4 is 0 Å². The molecule has 0 saturated carbocycles. The molecule has 0 spiro atoms. The van der Waals surface area contributed by atoms with E-state index in [9.17, 15) is 4.91 Å². The maximum absolute atomic E-state index is 10.1. The lowest BCUT2D eigenvalue weighted by atomic mass is 9.91. The number of hydrogen-bond acceptors (Lipinski definition) is 3. The first kappa shape index (κ1) is 11.6. The molecule has 1 aromatic carbocycles. The number of fused-ring (bicyclic) bond motifs is 1. The number of allylic oxidation sites excluding steroid dienone is 4. The Labute approximate surface area is 101 Å². The summed E-state index contributed by atoms with van der Waals surface area (Å²) in [5.74, 6) is 0.194. The zero-order valence-corrected chi connectivity index (χ0v) is 9.58. The highest BCUT2D eigenvalue weighted by atomic mass is 16.7. The molecule has 1 aliphatic rings. The first-order chi connectivity index (χ1) is 8.42. The van der Waals surface area contributed by atoms with Gasteiger partial charge in [0.1, 0.15) is 6.61 Å². The first-order valence-electron chi connectivity index (χ1n) is 5.76. The molecule has 88 valence electrons. The molecule has 0 radical (unpaired) electrons. The van der Waals surface area contributed by atoms with E-state index in [2.05, 4.69) is 40.5 Å². The number of rotatable bonds is 3. The fraction of sp³-hybridized carbons (Fsp3) is 0.286. The van der Waals surface area contributed by atoms with Crippen molar-refractivity contribution in [3.8, 4) is 0 Å². The van der Waals surface area contributed by atoms with E-state index in [1.807, 2.05) is 18.2 Å². The van der Waals surface area contributed by atoms with Gasteiger partial charge in [0.25, 0.3) is 0 Å². The Morgan fingerprint density at radius 3 is 2.94 bits per heavy atom. The van der Waals surface area contributed by atoms with Gasteiger partial charge in [-0.1, -0.05) is 48.6 Å². The zero-order valence-electron chi connectivity index (χ0n) is 9.58. The summed E-state index contributed by atoms with van der Waals surface area (Å²) in [6.07, 6.45) is 10.1. The predicted molar refractivity (Wildman–Crippen MR) is 67.5 cm³/mol. The van der Waals surface area contributed by atoms with Crippen LogP contribution in [-0.2, 0) is 11.3 Å². The molecule has 0 aliphatic heterocycles. The molecule has 2 rings (SSSR count). The molecule has 0 saturated heterocycles. The average molecular weight is 229 g/mol. The smallest absolute Gasteiger partial charge is 0.155 e. The Bertz CT molecular complexity index is 438. The predicted octanol–water partition coefficient (Wildman–Crippen LogP) is 3.53. The third-order valence-electron chi connectivity index (χ3n) is 2.96. The van der Waals surface area contributed by atoms with Gasteiger partial charge in [-0.15, -0.1) is 4.91 Å². The van der Waals surface area contributed by atoms with E-state index in [0.717, 1.165) is 12.8 Å². The van der Waals surface area contributed by atoms with Gasteiger partial charge < -0.3 is 4.84 Å². The van der Waals surface area contributed by atoms with Gasteiger partial charge in [-0.2, -0.15) is 0 Å². The highest BCUT2D eigenvalue weighted by Crippen LogP contribution is 2.26. The number of nitrogens with zero attached hydrogens (tertiary/aromatic N) is 1. The van der Waals surface area contributed by atoms with Gasteiger partial charge in [-0.3, -0.25) is 0 Å². The molecule has 0 bridgehead atoms. The molecule has 1 atom stereocenters. The molecule has 1 unspecified atom stereocenters. The molecule has 0 N–H and O–H groups in total. The lowest BCUT2D eigenvalue weighted by Gasteiger charge is -2.16. The van der Waals surface area contributed by atoms with Gasteiger partial charge in [0, 0.05) is 5.92 Å². The van der Waals surface area contributed by atoms with Crippen LogP contribution in [-0.4, -0.2) is 6.61 Å². The van der Waals surface area contributed by atoms with E-state index in [1.54, 1.807) is 0 Å². The molecule has 17 heavy (non-hydrogen) atoms. The maximum atomic E-state index is 10.1. The quantitative estimate of drug-likeness (QED) is 0.587. The van der Waals surface area contributed by atoms with E-state index in [0.29, 0.717) is 6.61 Å². The lowest BCUT2D eigenvalue weighted by molar-refractivity contribution is 0.124. The van der Waals surface area contributed by atoms with E-state index >= 15 is 0 Å². The summed E-state index contributed by atoms with van der Waals surface area (Å²) in [5.41, 5.74) is 2.53.